The van der Waals surface area contributed by atoms with Gasteiger partial charge in [0.25, 0.3) is 0 Å². The molecule has 15 heavy (non-hydrogen) atoms. The summed E-state index contributed by atoms with van der Waals surface area (Å²) in [6.45, 7) is 4.67. The Bertz CT molecular complexity index is 385. The van der Waals surface area contributed by atoms with Crippen LogP contribution in [0.15, 0.2) is 6.20 Å². The average Bonchev–Trinajstić information content (AvgIpc) is 2.17. The normalized spacial score (nSPS) is 10.1. The Hall–Kier alpha value is -1.38. The molecule has 0 radical (unpaired) electrons. The topological polar surface area (TPSA) is 78.8 Å². The summed E-state index contributed by atoms with van der Waals surface area (Å²) >= 11 is 5.88. The first kappa shape index (κ1) is 11.7. The summed E-state index contributed by atoms with van der Waals surface area (Å²) in [7, 11) is 0. The Morgan fingerprint density at radius 1 is 1.67 bits per heavy atom. The van der Waals surface area contributed by atoms with Gasteiger partial charge in [-0.15, -0.1) is 0 Å². The second-order valence-corrected chi connectivity index (χ2v) is 3.93. The average molecular weight is 226 g/mol. The molecule has 2 N–H and O–H groups in total. The summed E-state index contributed by atoms with van der Waals surface area (Å²) in [5.74, 6) is 6.60. The van der Waals surface area contributed by atoms with Crippen molar-refractivity contribution in [3.63, 3.8) is 0 Å². The van der Waals surface area contributed by atoms with Crippen LogP contribution in [0.3, 0.4) is 0 Å². The van der Waals surface area contributed by atoms with E-state index in [1.807, 2.05) is 19.9 Å². The van der Waals surface area contributed by atoms with E-state index >= 15 is 0 Å². The Balaban J connectivity index is 2.97. The van der Waals surface area contributed by atoms with E-state index < -0.39 is 0 Å². The second kappa shape index (κ2) is 4.91. The van der Waals surface area contributed by atoms with Crippen LogP contribution in [0.2, 0.25) is 5.02 Å². The van der Waals surface area contributed by atoms with E-state index in [0.717, 1.165) is 0 Å². The summed E-state index contributed by atoms with van der Waals surface area (Å²) in [5, 5.41) is 10.4. The number of rotatable bonds is 3. The lowest BCUT2D eigenvalue weighted by Crippen LogP contribution is -2.35. The Labute approximate surface area is 93.5 Å². The van der Waals surface area contributed by atoms with E-state index in [1.54, 1.807) is 0 Å². The highest BCUT2D eigenvalue weighted by Crippen LogP contribution is 2.20. The molecule has 0 unspecified atom stereocenters. The number of hydrogen-bond donors (Lipinski definition) is 1. The fraction of sp³-hybridized carbons (Fsp3) is 0.444. The van der Waals surface area contributed by atoms with Crippen LogP contribution < -0.4 is 10.9 Å². The predicted molar refractivity (Wildman–Crippen MR) is 58.1 cm³/mol. The molecule has 0 aliphatic heterocycles. The van der Waals surface area contributed by atoms with E-state index in [-0.39, 0.29) is 5.82 Å². The van der Waals surface area contributed by atoms with Crippen molar-refractivity contribution in [2.45, 2.75) is 13.8 Å². The number of hydrogen-bond acceptors (Lipinski definition) is 5. The van der Waals surface area contributed by atoms with Gasteiger partial charge in [-0.2, -0.15) is 10.2 Å². The van der Waals surface area contributed by atoms with Crippen molar-refractivity contribution < 1.29 is 0 Å². The molecule has 0 amide bonds. The molecule has 6 heteroatoms. The van der Waals surface area contributed by atoms with Gasteiger partial charge < -0.3 is 0 Å². The molecule has 1 aromatic rings. The van der Waals surface area contributed by atoms with Gasteiger partial charge in [0.15, 0.2) is 5.82 Å². The molecular weight excluding hydrogens is 214 g/mol. The molecule has 0 aromatic carbocycles. The number of nitrogens with zero attached hydrogens (tertiary/aromatic N) is 4. The van der Waals surface area contributed by atoms with E-state index in [4.69, 9.17) is 22.7 Å². The molecule has 0 saturated heterocycles. The molecular formula is C9H12ClN5. The van der Waals surface area contributed by atoms with Crippen molar-refractivity contribution in [1.82, 2.24) is 9.97 Å². The fourth-order valence-corrected chi connectivity index (χ4v) is 1.29. The van der Waals surface area contributed by atoms with Crippen LogP contribution in [0.4, 0.5) is 5.82 Å². The molecule has 0 aliphatic carbocycles. The van der Waals surface area contributed by atoms with Crippen molar-refractivity contribution >= 4 is 17.4 Å². The molecule has 1 rings (SSSR count). The zero-order valence-electron chi connectivity index (χ0n) is 8.61. The lowest BCUT2D eigenvalue weighted by atomic mass is 10.2. The lowest BCUT2D eigenvalue weighted by Gasteiger charge is -2.20. The quantitative estimate of drug-likeness (QED) is 0.620. The van der Waals surface area contributed by atoms with Crippen molar-refractivity contribution in [2.75, 3.05) is 11.6 Å². The summed E-state index contributed by atoms with van der Waals surface area (Å²) in [6, 6.07) is 1.84. The zero-order valence-corrected chi connectivity index (χ0v) is 9.36. The number of hydrazine groups is 1. The Morgan fingerprint density at radius 2 is 2.33 bits per heavy atom. The van der Waals surface area contributed by atoms with Crippen LogP contribution in [0.25, 0.3) is 0 Å². The molecule has 0 aliphatic rings. The molecule has 1 heterocycles. The van der Waals surface area contributed by atoms with E-state index in [9.17, 15) is 0 Å². The molecule has 0 bridgehead atoms. The molecule has 0 spiro atoms. The van der Waals surface area contributed by atoms with Crippen LogP contribution in [-0.2, 0) is 0 Å². The molecule has 80 valence electrons. The third-order valence-electron chi connectivity index (χ3n) is 1.66. The maximum Gasteiger partial charge on any atom is 0.234 e. The number of anilines is 1. The summed E-state index contributed by atoms with van der Waals surface area (Å²) in [4.78, 5) is 7.67. The Morgan fingerprint density at radius 3 is 2.87 bits per heavy atom. The van der Waals surface area contributed by atoms with Gasteiger partial charge in [-0.1, -0.05) is 25.4 Å². The van der Waals surface area contributed by atoms with Gasteiger partial charge >= 0.3 is 0 Å². The van der Waals surface area contributed by atoms with E-state index in [2.05, 4.69) is 9.97 Å². The second-order valence-electron chi connectivity index (χ2n) is 3.52. The smallest absolute Gasteiger partial charge is 0.234 e. The van der Waals surface area contributed by atoms with Gasteiger partial charge in [0.2, 0.25) is 5.82 Å². The van der Waals surface area contributed by atoms with Crippen molar-refractivity contribution in [3.8, 4) is 6.07 Å². The van der Waals surface area contributed by atoms with Crippen molar-refractivity contribution in [3.05, 3.63) is 17.0 Å². The van der Waals surface area contributed by atoms with Gasteiger partial charge in [0, 0.05) is 6.54 Å². The molecule has 0 saturated carbocycles. The minimum absolute atomic E-state index is 0.0635. The number of halogens is 1. The van der Waals surface area contributed by atoms with Crippen LogP contribution in [0.5, 0.6) is 0 Å². The molecule has 0 fully saturated rings. The maximum absolute atomic E-state index is 8.64. The standard InChI is InChI=1S/C9H12ClN5/c1-6(2)5-15(12)9-7(10)4-13-8(3-11)14-9/h4,6H,5,12H2,1-2H3. The molecule has 5 nitrogen and oxygen atoms in total. The minimum atomic E-state index is 0.0635. The molecule has 0 atom stereocenters. The van der Waals surface area contributed by atoms with Crippen molar-refractivity contribution in [1.29, 1.82) is 5.26 Å². The SMILES string of the molecule is CC(C)CN(N)c1nc(C#N)ncc1Cl. The van der Waals surface area contributed by atoms with Crippen LogP contribution in [-0.4, -0.2) is 16.5 Å². The lowest BCUT2D eigenvalue weighted by molar-refractivity contribution is 0.616. The van der Waals surface area contributed by atoms with Crippen LogP contribution in [0, 0.1) is 17.2 Å². The van der Waals surface area contributed by atoms with Crippen LogP contribution in [0.1, 0.15) is 19.7 Å². The number of nitrogens with two attached hydrogens (primary N) is 1. The largest absolute Gasteiger partial charge is 0.293 e. The van der Waals surface area contributed by atoms with E-state index in [0.29, 0.717) is 23.3 Å². The van der Waals surface area contributed by atoms with Gasteiger partial charge in [-0.25, -0.2) is 10.8 Å². The summed E-state index contributed by atoms with van der Waals surface area (Å²) < 4.78 is 0. The first-order valence-electron chi connectivity index (χ1n) is 4.49. The van der Waals surface area contributed by atoms with Gasteiger partial charge in [0.1, 0.15) is 11.1 Å². The zero-order chi connectivity index (χ0) is 11.4. The minimum Gasteiger partial charge on any atom is -0.293 e. The summed E-state index contributed by atoms with van der Waals surface area (Å²) in [6.07, 6.45) is 1.38. The number of nitriles is 1. The van der Waals surface area contributed by atoms with E-state index in [1.165, 1.54) is 11.2 Å². The third-order valence-corrected chi connectivity index (χ3v) is 1.93. The molecule has 1 aromatic heterocycles. The monoisotopic (exact) mass is 225 g/mol. The van der Waals surface area contributed by atoms with Crippen LogP contribution >= 0.6 is 11.6 Å². The third kappa shape index (κ3) is 3.05. The highest BCUT2D eigenvalue weighted by molar-refractivity contribution is 6.32. The highest BCUT2D eigenvalue weighted by Gasteiger charge is 2.11. The first-order valence-corrected chi connectivity index (χ1v) is 4.87. The van der Waals surface area contributed by atoms with Gasteiger partial charge in [-0.3, -0.25) is 5.01 Å². The predicted octanol–water partition coefficient (Wildman–Crippen LogP) is 1.34. The summed E-state index contributed by atoms with van der Waals surface area (Å²) in [5.41, 5.74) is 0. The van der Waals surface area contributed by atoms with Gasteiger partial charge in [-0.05, 0) is 5.92 Å². The Kier molecular flexibility index (Phi) is 3.83. The van der Waals surface area contributed by atoms with Gasteiger partial charge in [0.05, 0.1) is 6.20 Å². The maximum atomic E-state index is 8.64. The number of aromatic nitrogens is 2. The van der Waals surface area contributed by atoms with Crippen molar-refractivity contribution in [2.24, 2.45) is 11.8 Å². The first-order chi connectivity index (χ1) is 7.04. The fourth-order valence-electron chi connectivity index (χ4n) is 1.09. The highest BCUT2D eigenvalue weighted by atomic mass is 35.5.